The molecule has 0 saturated heterocycles. The first-order valence-corrected chi connectivity index (χ1v) is 9.22. The Balaban J connectivity index is 2.19. The van der Waals surface area contributed by atoms with E-state index in [1.807, 2.05) is 18.4 Å². The van der Waals surface area contributed by atoms with E-state index in [1.54, 1.807) is 0 Å². The molecule has 1 fully saturated rings. The van der Waals surface area contributed by atoms with Crippen LogP contribution in [0.5, 0.6) is 0 Å². The Bertz CT molecular complexity index is 424. The van der Waals surface area contributed by atoms with Gasteiger partial charge in [-0.05, 0) is 31.2 Å². The summed E-state index contributed by atoms with van der Waals surface area (Å²) in [5.41, 5.74) is 1.26. The molecule has 1 saturated carbocycles. The molecule has 3 nitrogen and oxygen atoms in total. The SMILES string of the molecule is CCNCc1sc(C(OC)C2CCCCC2)nc1C(C)C. The van der Waals surface area contributed by atoms with E-state index >= 15 is 0 Å². The maximum Gasteiger partial charge on any atom is 0.122 e. The van der Waals surface area contributed by atoms with Gasteiger partial charge in [-0.3, -0.25) is 0 Å². The quantitative estimate of drug-likeness (QED) is 0.796. The van der Waals surface area contributed by atoms with Gasteiger partial charge in [-0.15, -0.1) is 11.3 Å². The molecule has 1 N–H and O–H groups in total. The topological polar surface area (TPSA) is 34.1 Å². The Morgan fingerprint density at radius 1 is 1.29 bits per heavy atom. The maximum absolute atomic E-state index is 5.86. The first-order chi connectivity index (χ1) is 10.2. The second-order valence-corrected chi connectivity index (χ2v) is 7.47. The largest absolute Gasteiger partial charge is 0.374 e. The Hall–Kier alpha value is -0.450. The number of thiazole rings is 1. The van der Waals surface area contributed by atoms with Gasteiger partial charge in [0, 0.05) is 18.5 Å². The van der Waals surface area contributed by atoms with Crippen molar-refractivity contribution in [3.63, 3.8) is 0 Å². The standard InChI is InChI=1S/C17H30N2OS/c1-5-18-11-14-15(12(2)3)19-17(21-14)16(20-4)13-9-7-6-8-10-13/h12-13,16,18H,5-11H2,1-4H3. The fraction of sp³-hybridized carbons (Fsp3) is 0.824. The first-order valence-electron chi connectivity index (χ1n) is 8.40. The lowest BCUT2D eigenvalue weighted by atomic mass is 9.85. The molecule has 1 aliphatic carbocycles. The van der Waals surface area contributed by atoms with E-state index < -0.39 is 0 Å². The van der Waals surface area contributed by atoms with Crippen LogP contribution in [0.2, 0.25) is 0 Å². The van der Waals surface area contributed by atoms with E-state index in [4.69, 9.17) is 9.72 Å². The van der Waals surface area contributed by atoms with Crippen molar-refractivity contribution in [1.29, 1.82) is 0 Å². The summed E-state index contributed by atoms with van der Waals surface area (Å²) in [5.74, 6) is 1.13. The molecule has 2 rings (SSSR count). The van der Waals surface area contributed by atoms with Gasteiger partial charge >= 0.3 is 0 Å². The minimum atomic E-state index is 0.197. The van der Waals surface area contributed by atoms with Crippen LogP contribution < -0.4 is 5.32 Å². The highest BCUT2D eigenvalue weighted by molar-refractivity contribution is 7.11. The molecule has 1 unspecified atom stereocenters. The van der Waals surface area contributed by atoms with Gasteiger partial charge in [0.1, 0.15) is 11.1 Å². The molecular formula is C17H30N2OS. The second-order valence-electron chi connectivity index (χ2n) is 6.35. The van der Waals surface area contributed by atoms with Gasteiger partial charge in [-0.2, -0.15) is 0 Å². The Labute approximate surface area is 133 Å². The average Bonchev–Trinajstić information content (AvgIpc) is 2.91. The lowest BCUT2D eigenvalue weighted by Crippen LogP contribution is -2.17. The fourth-order valence-electron chi connectivity index (χ4n) is 3.25. The molecule has 1 aromatic rings. The number of methoxy groups -OCH3 is 1. The minimum absolute atomic E-state index is 0.197. The number of nitrogens with zero attached hydrogens (tertiary/aromatic N) is 1. The smallest absolute Gasteiger partial charge is 0.122 e. The van der Waals surface area contributed by atoms with Gasteiger partial charge in [-0.25, -0.2) is 4.98 Å². The fourth-order valence-corrected chi connectivity index (χ4v) is 4.61. The van der Waals surface area contributed by atoms with E-state index in [-0.39, 0.29) is 6.10 Å². The lowest BCUT2D eigenvalue weighted by molar-refractivity contribution is 0.0351. The zero-order chi connectivity index (χ0) is 15.2. The van der Waals surface area contributed by atoms with Crippen LogP contribution in [0.4, 0.5) is 0 Å². The van der Waals surface area contributed by atoms with Crippen LogP contribution in [0.15, 0.2) is 0 Å². The molecule has 4 heteroatoms. The van der Waals surface area contributed by atoms with Crippen LogP contribution in [0.3, 0.4) is 0 Å². The normalized spacial score (nSPS) is 18.3. The first kappa shape index (κ1) is 16.9. The van der Waals surface area contributed by atoms with Crippen LogP contribution in [-0.2, 0) is 11.3 Å². The molecule has 1 aromatic heterocycles. The molecule has 1 aliphatic rings. The Morgan fingerprint density at radius 2 is 2.00 bits per heavy atom. The number of rotatable bonds is 7. The predicted octanol–water partition coefficient (Wildman–Crippen LogP) is 4.64. The molecule has 120 valence electrons. The summed E-state index contributed by atoms with van der Waals surface area (Å²) in [6, 6.07) is 0. The van der Waals surface area contributed by atoms with Crippen molar-refractivity contribution < 1.29 is 4.74 Å². The van der Waals surface area contributed by atoms with Crippen LogP contribution in [-0.4, -0.2) is 18.6 Å². The van der Waals surface area contributed by atoms with Crippen molar-refractivity contribution >= 4 is 11.3 Å². The third kappa shape index (κ3) is 4.27. The number of aromatic nitrogens is 1. The van der Waals surface area contributed by atoms with E-state index in [0.717, 1.165) is 13.1 Å². The third-order valence-corrected chi connectivity index (χ3v) is 5.53. The Kier molecular flexibility index (Phi) is 6.65. The summed E-state index contributed by atoms with van der Waals surface area (Å²) in [6.45, 7) is 8.55. The summed E-state index contributed by atoms with van der Waals surface area (Å²) >= 11 is 1.86. The highest BCUT2D eigenvalue weighted by atomic mass is 32.1. The van der Waals surface area contributed by atoms with Gasteiger partial charge in [0.2, 0.25) is 0 Å². The van der Waals surface area contributed by atoms with Crippen LogP contribution in [0, 0.1) is 5.92 Å². The minimum Gasteiger partial charge on any atom is -0.374 e. The summed E-state index contributed by atoms with van der Waals surface area (Å²) in [4.78, 5) is 6.35. The maximum atomic E-state index is 5.86. The van der Waals surface area contributed by atoms with E-state index in [0.29, 0.717) is 11.8 Å². The van der Waals surface area contributed by atoms with Gasteiger partial charge in [0.05, 0.1) is 5.69 Å². The number of ether oxygens (including phenoxy) is 1. The summed E-state index contributed by atoms with van der Waals surface area (Å²) in [7, 11) is 1.85. The molecule has 0 bridgehead atoms. The third-order valence-electron chi connectivity index (χ3n) is 4.40. The van der Waals surface area contributed by atoms with Gasteiger partial charge in [0.25, 0.3) is 0 Å². The summed E-state index contributed by atoms with van der Waals surface area (Å²) < 4.78 is 5.86. The molecule has 0 radical (unpaired) electrons. The van der Waals surface area contributed by atoms with Crippen molar-refractivity contribution in [2.75, 3.05) is 13.7 Å². The zero-order valence-electron chi connectivity index (χ0n) is 13.9. The molecule has 1 heterocycles. The molecule has 0 aromatic carbocycles. The van der Waals surface area contributed by atoms with Crippen molar-refractivity contribution in [2.45, 2.75) is 71.4 Å². The molecule has 0 amide bonds. The van der Waals surface area contributed by atoms with Gasteiger partial charge < -0.3 is 10.1 Å². The molecule has 0 spiro atoms. The van der Waals surface area contributed by atoms with Crippen molar-refractivity contribution in [2.24, 2.45) is 5.92 Å². The molecule has 21 heavy (non-hydrogen) atoms. The van der Waals surface area contributed by atoms with Crippen molar-refractivity contribution in [3.8, 4) is 0 Å². The lowest BCUT2D eigenvalue weighted by Gasteiger charge is -2.27. The molecular weight excluding hydrogens is 280 g/mol. The average molecular weight is 311 g/mol. The number of hydrogen-bond acceptors (Lipinski definition) is 4. The van der Waals surface area contributed by atoms with E-state index in [1.165, 1.54) is 47.7 Å². The number of hydrogen-bond donors (Lipinski definition) is 1. The van der Waals surface area contributed by atoms with E-state index in [2.05, 4.69) is 26.1 Å². The second kappa shape index (κ2) is 8.25. The number of nitrogens with one attached hydrogen (secondary N) is 1. The molecule has 0 aliphatic heterocycles. The van der Waals surface area contributed by atoms with Gasteiger partial charge in [-0.1, -0.05) is 40.0 Å². The van der Waals surface area contributed by atoms with Crippen LogP contribution >= 0.6 is 11.3 Å². The van der Waals surface area contributed by atoms with Gasteiger partial charge in [0.15, 0.2) is 0 Å². The molecule has 1 atom stereocenters. The monoisotopic (exact) mass is 310 g/mol. The van der Waals surface area contributed by atoms with Crippen LogP contribution in [0.25, 0.3) is 0 Å². The van der Waals surface area contributed by atoms with Crippen molar-refractivity contribution in [3.05, 3.63) is 15.6 Å². The highest BCUT2D eigenvalue weighted by Crippen LogP contribution is 2.39. The van der Waals surface area contributed by atoms with E-state index in [9.17, 15) is 0 Å². The van der Waals surface area contributed by atoms with Crippen LogP contribution in [0.1, 0.15) is 80.5 Å². The summed E-state index contributed by atoms with van der Waals surface area (Å²) in [6.07, 6.45) is 6.85. The highest BCUT2D eigenvalue weighted by Gasteiger charge is 2.28. The Morgan fingerprint density at radius 3 is 2.57 bits per heavy atom. The van der Waals surface area contributed by atoms with Crippen molar-refractivity contribution in [1.82, 2.24) is 10.3 Å². The zero-order valence-corrected chi connectivity index (χ0v) is 14.8. The predicted molar refractivity (Wildman–Crippen MR) is 89.9 cm³/mol. The summed E-state index contributed by atoms with van der Waals surface area (Å²) in [5, 5.41) is 4.63.